The SMILES string of the molecule is O=C(O)NCc1ccc(Cl)cc1CNC(=O)Cc1c(Cl)cnc(NCC(F)(F)c2cccc[n+]2[O-])c1F. The van der Waals surface area contributed by atoms with Crippen LogP contribution in [0.3, 0.4) is 0 Å². The van der Waals surface area contributed by atoms with Crippen molar-refractivity contribution in [1.29, 1.82) is 0 Å². The van der Waals surface area contributed by atoms with Crippen molar-refractivity contribution in [2.45, 2.75) is 25.4 Å². The highest BCUT2D eigenvalue weighted by Crippen LogP contribution is 2.28. The summed E-state index contributed by atoms with van der Waals surface area (Å²) >= 11 is 12.0. The van der Waals surface area contributed by atoms with E-state index in [0.717, 1.165) is 18.5 Å². The number of carboxylic acid groups (broad SMARTS) is 1. The lowest BCUT2D eigenvalue weighted by molar-refractivity contribution is -0.624. The highest BCUT2D eigenvalue weighted by Gasteiger charge is 2.39. The largest absolute Gasteiger partial charge is 0.618 e. The maximum Gasteiger partial charge on any atom is 0.404 e. The third-order valence-corrected chi connectivity index (χ3v) is 5.72. The highest BCUT2D eigenvalue weighted by atomic mass is 35.5. The van der Waals surface area contributed by atoms with Crippen LogP contribution in [0.1, 0.15) is 22.4 Å². The fourth-order valence-corrected chi connectivity index (χ4v) is 3.70. The predicted octanol–water partition coefficient (Wildman–Crippen LogP) is 3.99. The number of pyridine rings is 2. The Labute approximate surface area is 218 Å². The van der Waals surface area contributed by atoms with Crippen molar-refractivity contribution in [2.24, 2.45) is 0 Å². The molecule has 0 saturated carbocycles. The summed E-state index contributed by atoms with van der Waals surface area (Å²) in [5.74, 6) is -5.98. The van der Waals surface area contributed by atoms with Crippen LogP contribution >= 0.6 is 23.2 Å². The molecule has 37 heavy (non-hydrogen) atoms. The minimum atomic E-state index is -3.65. The second-order valence-electron chi connectivity index (χ2n) is 7.74. The van der Waals surface area contributed by atoms with Crippen LogP contribution in [0.2, 0.25) is 10.0 Å². The van der Waals surface area contributed by atoms with E-state index in [-0.39, 0.29) is 28.4 Å². The zero-order valence-electron chi connectivity index (χ0n) is 18.9. The molecule has 0 spiro atoms. The number of carbonyl (C=O) groups excluding carboxylic acids is 1. The molecular formula is C23H20Cl2F3N5O4. The van der Waals surface area contributed by atoms with Crippen LogP contribution in [0.5, 0.6) is 0 Å². The van der Waals surface area contributed by atoms with Crippen LogP contribution < -0.4 is 20.7 Å². The van der Waals surface area contributed by atoms with E-state index >= 15 is 4.39 Å². The van der Waals surface area contributed by atoms with E-state index in [2.05, 4.69) is 20.9 Å². The van der Waals surface area contributed by atoms with Crippen molar-refractivity contribution in [3.8, 4) is 0 Å². The number of halogens is 5. The molecule has 0 bridgehead atoms. The molecule has 0 aliphatic carbocycles. The average molecular weight is 558 g/mol. The quantitative estimate of drug-likeness (QED) is 0.220. The maximum absolute atomic E-state index is 15.0. The summed E-state index contributed by atoms with van der Waals surface area (Å²) < 4.78 is 44.0. The number of nitrogens with zero attached hydrogens (tertiary/aromatic N) is 2. The molecular weight excluding hydrogens is 538 g/mol. The van der Waals surface area contributed by atoms with Gasteiger partial charge in [-0.15, -0.1) is 0 Å². The first-order valence-electron chi connectivity index (χ1n) is 10.6. The molecule has 3 rings (SSSR count). The van der Waals surface area contributed by atoms with Gasteiger partial charge in [0, 0.05) is 42.0 Å². The number of carbonyl (C=O) groups is 2. The number of alkyl halides is 2. The van der Waals surface area contributed by atoms with Crippen molar-refractivity contribution in [3.05, 3.63) is 92.2 Å². The zero-order chi connectivity index (χ0) is 27.2. The van der Waals surface area contributed by atoms with E-state index in [1.165, 1.54) is 12.1 Å². The number of anilines is 1. The first kappa shape index (κ1) is 27.8. The number of nitrogens with one attached hydrogen (secondary N) is 3. The minimum absolute atomic E-state index is 0.00611. The molecule has 2 amide bonds. The summed E-state index contributed by atoms with van der Waals surface area (Å²) in [6, 6.07) is 8.20. The van der Waals surface area contributed by atoms with Gasteiger partial charge in [0.2, 0.25) is 5.91 Å². The first-order chi connectivity index (χ1) is 17.5. The van der Waals surface area contributed by atoms with Gasteiger partial charge >= 0.3 is 12.0 Å². The fourth-order valence-electron chi connectivity index (χ4n) is 3.30. The molecule has 1 aromatic carbocycles. The van der Waals surface area contributed by atoms with Crippen LogP contribution in [0.4, 0.5) is 23.8 Å². The Morgan fingerprint density at radius 1 is 1.11 bits per heavy atom. The molecule has 0 fully saturated rings. The molecule has 0 radical (unpaired) electrons. The minimum Gasteiger partial charge on any atom is -0.618 e. The average Bonchev–Trinajstić information content (AvgIpc) is 2.84. The van der Waals surface area contributed by atoms with Gasteiger partial charge in [-0.3, -0.25) is 4.79 Å². The van der Waals surface area contributed by atoms with Crippen molar-refractivity contribution in [1.82, 2.24) is 15.6 Å². The van der Waals surface area contributed by atoms with E-state index < -0.39 is 48.2 Å². The van der Waals surface area contributed by atoms with Gasteiger partial charge < -0.3 is 26.3 Å². The molecule has 2 heterocycles. The molecule has 0 atom stereocenters. The summed E-state index contributed by atoms with van der Waals surface area (Å²) in [5, 5.41) is 27.6. The lowest BCUT2D eigenvalue weighted by atomic mass is 10.1. The lowest BCUT2D eigenvalue weighted by Gasteiger charge is -2.17. The number of hydrogen-bond donors (Lipinski definition) is 4. The van der Waals surface area contributed by atoms with E-state index in [1.807, 2.05) is 0 Å². The summed E-state index contributed by atoms with van der Waals surface area (Å²) in [7, 11) is 0. The number of hydrogen-bond acceptors (Lipinski definition) is 5. The molecule has 9 nitrogen and oxygen atoms in total. The van der Waals surface area contributed by atoms with Crippen molar-refractivity contribution in [2.75, 3.05) is 11.9 Å². The van der Waals surface area contributed by atoms with Gasteiger partial charge in [-0.05, 0) is 29.3 Å². The topological polar surface area (TPSA) is 130 Å². The summed E-state index contributed by atoms with van der Waals surface area (Å²) in [6.07, 6.45) is 0.152. The highest BCUT2D eigenvalue weighted by molar-refractivity contribution is 6.31. The van der Waals surface area contributed by atoms with Gasteiger partial charge in [-0.1, -0.05) is 29.3 Å². The molecule has 4 N–H and O–H groups in total. The molecule has 14 heteroatoms. The molecule has 0 aliphatic heterocycles. The Hall–Kier alpha value is -3.77. The number of benzene rings is 1. The van der Waals surface area contributed by atoms with Gasteiger partial charge in [-0.2, -0.15) is 13.5 Å². The van der Waals surface area contributed by atoms with Gasteiger partial charge in [0.25, 0.3) is 5.69 Å². The summed E-state index contributed by atoms with van der Waals surface area (Å²) in [4.78, 5) is 27.0. The Morgan fingerprint density at radius 2 is 1.84 bits per heavy atom. The summed E-state index contributed by atoms with van der Waals surface area (Å²) in [6.45, 7) is -1.22. The molecule has 0 aliphatic rings. The zero-order valence-corrected chi connectivity index (χ0v) is 20.4. The Kier molecular flexibility index (Phi) is 9.00. The number of rotatable bonds is 10. The fraction of sp³-hybridized carbons (Fsp3) is 0.217. The maximum atomic E-state index is 15.0. The monoisotopic (exact) mass is 557 g/mol. The van der Waals surface area contributed by atoms with E-state index in [1.54, 1.807) is 18.2 Å². The van der Waals surface area contributed by atoms with Crippen molar-refractivity contribution >= 4 is 41.0 Å². The van der Waals surface area contributed by atoms with Crippen LogP contribution in [0.25, 0.3) is 0 Å². The van der Waals surface area contributed by atoms with Gasteiger partial charge in [0.05, 0.1) is 18.0 Å². The van der Waals surface area contributed by atoms with Crippen LogP contribution in [0, 0.1) is 11.0 Å². The second-order valence-corrected chi connectivity index (χ2v) is 8.59. The van der Waals surface area contributed by atoms with Crippen LogP contribution in [0.15, 0.2) is 48.8 Å². The molecule has 3 aromatic rings. The Balaban J connectivity index is 1.69. The Bertz CT molecular complexity index is 1310. The van der Waals surface area contributed by atoms with Gasteiger partial charge in [0.1, 0.15) is 0 Å². The van der Waals surface area contributed by atoms with Crippen molar-refractivity contribution in [3.63, 3.8) is 0 Å². The number of amides is 2. The molecule has 0 saturated heterocycles. The Morgan fingerprint density at radius 3 is 2.54 bits per heavy atom. The number of aromatic nitrogens is 2. The molecule has 0 unspecified atom stereocenters. The normalized spacial score (nSPS) is 11.2. The third-order valence-electron chi connectivity index (χ3n) is 5.16. The van der Waals surface area contributed by atoms with E-state index in [0.29, 0.717) is 16.1 Å². The lowest BCUT2D eigenvalue weighted by Crippen LogP contribution is -2.41. The third kappa shape index (κ3) is 7.37. The smallest absolute Gasteiger partial charge is 0.404 e. The van der Waals surface area contributed by atoms with E-state index in [4.69, 9.17) is 28.3 Å². The predicted molar refractivity (Wildman–Crippen MR) is 129 cm³/mol. The molecule has 196 valence electrons. The van der Waals surface area contributed by atoms with E-state index in [9.17, 15) is 23.6 Å². The van der Waals surface area contributed by atoms with Gasteiger partial charge in [0.15, 0.2) is 17.8 Å². The van der Waals surface area contributed by atoms with Crippen molar-refractivity contribution < 1.29 is 32.6 Å². The van der Waals surface area contributed by atoms with Gasteiger partial charge in [-0.25, -0.2) is 14.2 Å². The molecule has 2 aromatic heterocycles. The summed E-state index contributed by atoms with van der Waals surface area (Å²) in [5.41, 5.74) is -0.0321. The second kappa shape index (κ2) is 12.0. The first-order valence-corrected chi connectivity index (χ1v) is 11.4. The van der Waals surface area contributed by atoms with Crippen LogP contribution in [-0.4, -0.2) is 28.6 Å². The van der Waals surface area contributed by atoms with Crippen LogP contribution in [-0.2, 0) is 30.2 Å². The standard InChI is InChI=1S/C23H20Cl2F3N5O4/c24-15-5-4-13(9-31-22(35)36)14(7-15)10-29-19(34)8-16-17(25)11-30-21(20(16)26)32-12-23(27,28)18-3-1-2-6-33(18)37/h1-7,11,31H,8-10,12H2,(H,29,34)(H,30,32)(H,35,36).